The highest BCUT2D eigenvalue weighted by Crippen LogP contribution is 2.55. The van der Waals surface area contributed by atoms with Crippen molar-refractivity contribution in [3.63, 3.8) is 0 Å². The van der Waals surface area contributed by atoms with Gasteiger partial charge in [-0.05, 0) is 74.3 Å². The summed E-state index contributed by atoms with van der Waals surface area (Å²) >= 11 is 6.76. The van der Waals surface area contributed by atoms with Gasteiger partial charge in [0.1, 0.15) is 4.32 Å². The van der Waals surface area contributed by atoms with Crippen molar-refractivity contribution >= 4 is 46.2 Å². The minimum atomic E-state index is -0.0563. The first-order valence-electron chi connectivity index (χ1n) is 11.8. The predicted octanol–water partition coefficient (Wildman–Crippen LogP) is 5.31. The molecule has 5 fully saturated rings. The van der Waals surface area contributed by atoms with E-state index in [1.54, 1.807) is 4.90 Å². The van der Waals surface area contributed by atoms with Gasteiger partial charge in [0.15, 0.2) is 0 Å². The van der Waals surface area contributed by atoms with E-state index in [4.69, 9.17) is 12.2 Å². The Hall–Kier alpha value is -1.92. The minimum Gasteiger partial charge on any atom is -0.351 e. The number of thiocarbonyl (C=S) groups is 1. The molecule has 1 aliphatic heterocycles. The van der Waals surface area contributed by atoms with Crippen molar-refractivity contribution in [3.05, 3.63) is 53.0 Å². The fourth-order valence-electron chi connectivity index (χ4n) is 6.54. The first-order valence-corrected chi connectivity index (χ1v) is 13.0. The minimum absolute atomic E-state index is 0.0563. The van der Waals surface area contributed by atoms with Crippen molar-refractivity contribution in [1.29, 1.82) is 0 Å². The molecule has 4 aliphatic carbocycles. The molecule has 1 heterocycles. The van der Waals surface area contributed by atoms with E-state index in [1.807, 2.05) is 48.6 Å². The normalized spacial score (nSPS) is 32.4. The van der Waals surface area contributed by atoms with Crippen LogP contribution in [0.15, 0.2) is 47.4 Å². The molecule has 1 aromatic carbocycles. The Morgan fingerprint density at radius 3 is 2.44 bits per heavy atom. The molecule has 5 aliphatic rings. The molecular formula is C26H30N2O2S2. The Bertz CT molecular complexity index is 934. The summed E-state index contributed by atoms with van der Waals surface area (Å²) in [5.74, 6) is 2.54. The molecule has 0 unspecified atom stereocenters. The van der Waals surface area contributed by atoms with Crippen LogP contribution in [0.1, 0.15) is 56.9 Å². The molecule has 1 N–H and O–H groups in total. The fraction of sp³-hybridized carbons (Fsp3) is 0.500. The highest BCUT2D eigenvalue weighted by atomic mass is 32.2. The molecule has 0 aromatic heterocycles. The van der Waals surface area contributed by atoms with Crippen LogP contribution in [0.2, 0.25) is 0 Å². The number of carbonyl (C=O) groups excluding carboxylic acids is 2. The van der Waals surface area contributed by atoms with E-state index in [1.165, 1.54) is 50.3 Å². The van der Waals surface area contributed by atoms with Gasteiger partial charge in [-0.15, -0.1) is 0 Å². The maximum Gasteiger partial charge on any atom is 0.266 e. The highest BCUT2D eigenvalue weighted by Gasteiger charge is 2.51. The second-order valence-electron chi connectivity index (χ2n) is 9.98. The first-order chi connectivity index (χ1) is 15.5. The molecule has 6 rings (SSSR count). The predicted molar refractivity (Wildman–Crippen MR) is 134 cm³/mol. The summed E-state index contributed by atoms with van der Waals surface area (Å²) in [5, 5.41) is 3.42. The Labute approximate surface area is 199 Å². The molecule has 1 saturated heterocycles. The monoisotopic (exact) mass is 466 g/mol. The van der Waals surface area contributed by atoms with Crippen molar-refractivity contribution in [2.45, 2.75) is 56.9 Å². The Balaban J connectivity index is 1.11. The fourth-order valence-corrected chi connectivity index (χ4v) is 7.80. The quantitative estimate of drug-likeness (QED) is 0.437. The number of allylic oxidation sites excluding steroid dienone is 2. The molecule has 1 aromatic rings. The van der Waals surface area contributed by atoms with Crippen molar-refractivity contribution in [2.24, 2.45) is 17.8 Å². The SMILES string of the molecule is O=C(CCCN1C(=O)/C(=C/C=C/c2ccccc2)SC1=S)NC12CC3CC(CC(C3)C1)C2. The largest absolute Gasteiger partial charge is 0.351 e. The van der Waals surface area contributed by atoms with E-state index >= 15 is 0 Å². The van der Waals surface area contributed by atoms with Gasteiger partial charge in [-0.1, -0.05) is 66.5 Å². The number of hydrogen-bond acceptors (Lipinski definition) is 4. The summed E-state index contributed by atoms with van der Waals surface area (Å²) in [6, 6.07) is 9.98. The summed E-state index contributed by atoms with van der Waals surface area (Å²) in [5.41, 5.74) is 1.14. The standard InChI is InChI=1S/C26H30N2O2S2/c29-23(27-26-15-19-12-20(16-26)14-21(13-19)17-26)10-5-11-28-24(30)22(32-25(28)31)9-4-8-18-6-2-1-3-7-18/h1-4,6-9,19-21H,5,10-17H2,(H,27,29)/b8-4+,22-9-. The molecule has 4 saturated carbocycles. The van der Waals surface area contributed by atoms with Crippen LogP contribution in [0.3, 0.4) is 0 Å². The van der Waals surface area contributed by atoms with Crippen molar-refractivity contribution in [3.8, 4) is 0 Å². The maximum absolute atomic E-state index is 12.7. The van der Waals surface area contributed by atoms with Crippen molar-refractivity contribution in [2.75, 3.05) is 6.54 Å². The average molecular weight is 467 g/mol. The second-order valence-corrected chi connectivity index (χ2v) is 11.7. The smallest absolute Gasteiger partial charge is 0.266 e. The molecular weight excluding hydrogens is 436 g/mol. The zero-order chi connectivity index (χ0) is 22.1. The van der Waals surface area contributed by atoms with Crippen LogP contribution in [-0.2, 0) is 9.59 Å². The van der Waals surface area contributed by atoms with E-state index in [0.717, 1.165) is 23.3 Å². The van der Waals surface area contributed by atoms with Gasteiger partial charge in [0.2, 0.25) is 5.91 Å². The molecule has 168 valence electrons. The summed E-state index contributed by atoms with van der Waals surface area (Å²) in [6.45, 7) is 0.499. The van der Waals surface area contributed by atoms with Gasteiger partial charge in [0.05, 0.1) is 4.91 Å². The molecule has 2 amide bonds. The van der Waals surface area contributed by atoms with Crippen LogP contribution < -0.4 is 5.32 Å². The van der Waals surface area contributed by atoms with E-state index < -0.39 is 0 Å². The number of nitrogens with one attached hydrogen (secondary N) is 1. The number of carbonyl (C=O) groups is 2. The third-order valence-corrected chi connectivity index (χ3v) is 8.83. The van der Waals surface area contributed by atoms with Gasteiger partial charge < -0.3 is 5.32 Å². The zero-order valence-corrected chi connectivity index (χ0v) is 19.9. The van der Waals surface area contributed by atoms with Gasteiger partial charge in [0.25, 0.3) is 5.91 Å². The van der Waals surface area contributed by atoms with Crippen molar-refractivity contribution in [1.82, 2.24) is 10.2 Å². The Kier molecular flexibility index (Phi) is 6.26. The summed E-state index contributed by atoms with van der Waals surface area (Å²) < 4.78 is 0.579. The van der Waals surface area contributed by atoms with Gasteiger partial charge in [-0.3, -0.25) is 14.5 Å². The number of thioether (sulfide) groups is 1. The topological polar surface area (TPSA) is 49.4 Å². The number of hydrogen-bond donors (Lipinski definition) is 1. The summed E-state index contributed by atoms with van der Waals surface area (Å²) in [4.78, 5) is 27.8. The third kappa shape index (κ3) is 4.72. The van der Waals surface area contributed by atoms with Crippen LogP contribution >= 0.6 is 24.0 Å². The second kappa shape index (κ2) is 9.14. The number of nitrogens with zero attached hydrogens (tertiary/aromatic N) is 1. The summed E-state index contributed by atoms with van der Waals surface area (Å²) in [7, 11) is 0. The van der Waals surface area contributed by atoms with Crippen LogP contribution in [-0.4, -0.2) is 33.1 Å². The van der Waals surface area contributed by atoms with Gasteiger partial charge in [-0.25, -0.2) is 0 Å². The Morgan fingerprint density at radius 1 is 1.12 bits per heavy atom. The van der Waals surface area contributed by atoms with Gasteiger partial charge >= 0.3 is 0 Å². The van der Waals surface area contributed by atoms with Gasteiger partial charge in [0, 0.05) is 18.5 Å². The maximum atomic E-state index is 12.7. The molecule has 32 heavy (non-hydrogen) atoms. The highest BCUT2D eigenvalue weighted by molar-refractivity contribution is 8.26. The summed E-state index contributed by atoms with van der Waals surface area (Å²) in [6.07, 6.45) is 14.4. The zero-order valence-electron chi connectivity index (χ0n) is 18.3. The van der Waals surface area contributed by atoms with Crippen LogP contribution in [0.4, 0.5) is 0 Å². The average Bonchev–Trinajstić information content (AvgIpc) is 3.01. The lowest BCUT2D eigenvalue weighted by atomic mass is 9.53. The Morgan fingerprint density at radius 2 is 1.78 bits per heavy atom. The number of rotatable bonds is 7. The molecule has 4 nitrogen and oxygen atoms in total. The lowest BCUT2D eigenvalue weighted by molar-refractivity contribution is -0.127. The third-order valence-electron chi connectivity index (χ3n) is 7.44. The van der Waals surface area contributed by atoms with E-state index in [2.05, 4.69) is 5.32 Å². The van der Waals surface area contributed by atoms with E-state index in [-0.39, 0.29) is 17.4 Å². The number of amides is 2. The molecule has 4 bridgehead atoms. The lowest BCUT2D eigenvalue weighted by Crippen LogP contribution is -2.59. The molecule has 6 heteroatoms. The van der Waals surface area contributed by atoms with E-state index in [9.17, 15) is 9.59 Å². The van der Waals surface area contributed by atoms with E-state index in [0.29, 0.717) is 28.6 Å². The van der Waals surface area contributed by atoms with Crippen molar-refractivity contribution < 1.29 is 9.59 Å². The first kappa shape index (κ1) is 21.9. The van der Waals surface area contributed by atoms with Crippen LogP contribution in [0.5, 0.6) is 0 Å². The molecule has 0 atom stereocenters. The van der Waals surface area contributed by atoms with Crippen LogP contribution in [0.25, 0.3) is 6.08 Å². The molecule has 0 spiro atoms. The number of benzene rings is 1. The molecule has 0 radical (unpaired) electrons. The van der Waals surface area contributed by atoms with Gasteiger partial charge in [-0.2, -0.15) is 0 Å². The lowest BCUT2D eigenvalue weighted by Gasteiger charge is -2.56. The van der Waals surface area contributed by atoms with Crippen LogP contribution in [0, 0.1) is 17.8 Å².